The van der Waals surface area contributed by atoms with E-state index in [1.807, 2.05) is 0 Å². The van der Waals surface area contributed by atoms with Crippen molar-refractivity contribution >= 4 is 33.2 Å². The van der Waals surface area contributed by atoms with E-state index in [9.17, 15) is 22.4 Å². The molecule has 1 aliphatic heterocycles. The Morgan fingerprint density at radius 3 is 2.33 bits per heavy atom. The zero-order valence-corrected chi connectivity index (χ0v) is 17.5. The molecule has 0 radical (unpaired) electrons. The maximum absolute atomic E-state index is 13.9. The highest BCUT2D eigenvalue weighted by molar-refractivity contribution is 7.89. The maximum Gasteiger partial charge on any atom is 0.243 e. The smallest absolute Gasteiger partial charge is 0.243 e. The van der Waals surface area contributed by atoms with E-state index in [2.05, 4.69) is 10.6 Å². The van der Waals surface area contributed by atoms with E-state index in [-0.39, 0.29) is 28.8 Å². The quantitative estimate of drug-likeness (QED) is 0.701. The van der Waals surface area contributed by atoms with Gasteiger partial charge in [0.25, 0.3) is 0 Å². The lowest BCUT2D eigenvalue weighted by atomic mass is 10.1. The highest BCUT2D eigenvalue weighted by atomic mass is 32.2. The van der Waals surface area contributed by atoms with Crippen LogP contribution in [0.3, 0.4) is 0 Å². The maximum atomic E-state index is 13.9. The summed E-state index contributed by atoms with van der Waals surface area (Å²) in [7, 11) is -3.46. The van der Waals surface area contributed by atoms with Crippen molar-refractivity contribution in [2.45, 2.75) is 37.5 Å². The van der Waals surface area contributed by atoms with Crippen LogP contribution in [0, 0.1) is 5.82 Å². The number of amides is 2. The van der Waals surface area contributed by atoms with E-state index < -0.39 is 15.8 Å². The lowest BCUT2D eigenvalue weighted by Gasteiger charge is -2.15. The van der Waals surface area contributed by atoms with Crippen molar-refractivity contribution in [2.24, 2.45) is 0 Å². The van der Waals surface area contributed by atoms with Crippen LogP contribution < -0.4 is 10.6 Å². The van der Waals surface area contributed by atoms with Gasteiger partial charge in [-0.05, 0) is 55.2 Å². The van der Waals surface area contributed by atoms with Crippen molar-refractivity contribution in [3.8, 4) is 0 Å². The number of nitrogens with one attached hydrogen (secondary N) is 2. The van der Waals surface area contributed by atoms with Crippen LogP contribution in [-0.4, -0.2) is 37.6 Å². The van der Waals surface area contributed by atoms with E-state index in [4.69, 9.17) is 0 Å². The van der Waals surface area contributed by atoms with Crippen LogP contribution in [0.25, 0.3) is 0 Å². The van der Waals surface area contributed by atoms with Crippen LogP contribution in [0.5, 0.6) is 0 Å². The van der Waals surface area contributed by atoms with E-state index in [0.717, 1.165) is 18.4 Å². The molecule has 0 saturated carbocycles. The standard InChI is InChI=1S/C21H24FN3O4S/c1-15(26)23-17-7-10-19(22)20(14-17)24-21(27)11-6-16-4-8-18(9-5-16)30(28,29)25-12-2-3-13-25/h4-5,7-10,14H,2-3,6,11-13H2,1H3,(H,23,26)(H,24,27). The molecule has 1 aliphatic rings. The number of carbonyl (C=O) groups is 2. The van der Waals surface area contributed by atoms with Crippen molar-refractivity contribution < 1.29 is 22.4 Å². The minimum absolute atomic E-state index is 0.0155. The Kier molecular flexibility index (Phi) is 6.84. The second kappa shape index (κ2) is 9.36. The third-order valence-electron chi connectivity index (χ3n) is 4.83. The van der Waals surface area contributed by atoms with Gasteiger partial charge in [-0.3, -0.25) is 9.59 Å². The first kappa shape index (κ1) is 21.9. The molecule has 1 heterocycles. The van der Waals surface area contributed by atoms with Crippen molar-refractivity contribution in [1.82, 2.24) is 4.31 Å². The van der Waals surface area contributed by atoms with Gasteiger partial charge in [0.15, 0.2) is 0 Å². The van der Waals surface area contributed by atoms with Crippen LogP contribution >= 0.6 is 0 Å². The summed E-state index contributed by atoms with van der Waals surface area (Å²) in [6.45, 7) is 2.43. The normalized spacial score (nSPS) is 14.5. The Labute approximate surface area is 175 Å². The minimum atomic E-state index is -3.46. The first-order valence-corrected chi connectivity index (χ1v) is 11.2. The number of aryl methyl sites for hydroxylation is 1. The van der Waals surface area contributed by atoms with Gasteiger partial charge in [0.05, 0.1) is 10.6 Å². The number of anilines is 2. The van der Waals surface area contributed by atoms with Gasteiger partial charge in [-0.2, -0.15) is 4.31 Å². The summed E-state index contributed by atoms with van der Waals surface area (Å²) in [5.41, 5.74) is 1.17. The van der Waals surface area contributed by atoms with Gasteiger partial charge >= 0.3 is 0 Å². The van der Waals surface area contributed by atoms with Crippen LogP contribution in [0.15, 0.2) is 47.4 Å². The van der Waals surface area contributed by atoms with Crippen molar-refractivity contribution in [3.63, 3.8) is 0 Å². The average Bonchev–Trinajstić information content (AvgIpc) is 3.25. The van der Waals surface area contributed by atoms with E-state index in [0.29, 0.717) is 25.2 Å². The van der Waals surface area contributed by atoms with Crippen LogP contribution in [-0.2, 0) is 26.0 Å². The van der Waals surface area contributed by atoms with Crippen molar-refractivity contribution in [2.75, 3.05) is 23.7 Å². The fourth-order valence-electron chi connectivity index (χ4n) is 3.28. The molecule has 9 heteroatoms. The van der Waals surface area contributed by atoms with Crippen molar-refractivity contribution in [3.05, 3.63) is 53.8 Å². The average molecular weight is 434 g/mol. The highest BCUT2D eigenvalue weighted by Gasteiger charge is 2.26. The molecule has 30 heavy (non-hydrogen) atoms. The van der Waals surface area contributed by atoms with E-state index in [1.165, 1.54) is 29.4 Å². The molecule has 0 aromatic heterocycles. The molecule has 160 valence electrons. The molecule has 2 N–H and O–H groups in total. The lowest BCUT2D eigenvalue weighted by molar-refractivity contribution is -0.116. The molecule has 1 saturated heterocycles. The Morgan fingerprint density at radius 2 is 1.70 bits per heavy atom. The summed E-state index contributed by atoms with van der Waals surface area (Å²) < 4.78 is 40.5. The molecule has 0 aliphatic carbocycles. The molecule has 2 aromatic carbocycles. The zero-order valence-electron chi connectivity index (χ0n) is 16.7. The summed E-state index contributed by atoms with van der Waals surface area (Å²) in [5.74, 6) is -1.29. The summed E-state index contributed by atoms with van der Waals surface area (Å²) in [5, 5.41) is 5.03. The third-order valence-corrected chi connectivity index (χ3v) is 6.74. The molecular weight excluding hydrogens is 409 g/mol. The van der Waals surface area contributed by atoms with Gasteiger partial charge in [-0.15, -0.1) is 0 Å². The number of benzene rings is 2. The van der Waals surface area contributed by atoms with Crippen molar-refractivity contribution in [1.29, 1.82) is 0 Å². The fraction of sp³-hybridized carbons (Fsp3) is 0.333. The molecule has 7 nitrogen and oxygen atoms in total. The Bertz CT molecular complexity index is 1030. The SMILES string of the molecule is CC(=O)Nc1ccc(F)c(NC(=O)CCc2ccc(S(=O)(=O)N3CCCC3)cc2)c1. The minimum Gasteiger partial charge on any atom is -0.326 e. The largest absolute Gasteiger partial charge is 0.326 e. The van der Waals surface area contributed by atoms with Crippen LogP contribution in [0.1, 0.15) is 31.7 Å². The predicted octanol–water partition coefficient (Wildman–Crippen LogP) is 3.14. The molecule has 0 unspecified atom stereocenters. The monoisotopic (exact) mass is 433 g/mol. The third kappa shape index (κ3) is 5.43. The highest BCUT2D eigenvalue weighted by Crippen LogP contribution is 2.22. The molecule has 2 amide bonds. The van der Waals surface area contributed by atoms with Gasteiger partial charge < -0.3 is 10.6 Å². The van der Waals surface area contributed by atoms with Gasteiger partial charge in [-0.1, -0.05) is 12.1 Å². The van der Waals surface area contributed by atoms with Crippen LogP contribution in [0.2, 0.25) is 0 Å². The number of carbonyl (C=O) groups excluding carboxylic acids is 2. The number of sulfonamides is 1. The second-order valence-electron chi connectivity index (χ2n) is 7.18. The topological polar surface area (TPSA) is 95.6 Å². The molecule has 2 aromatic rings. The predicted molar refractivity (Wildman–Crippen MR) is 112 cm³/mol. The second-order valence-corrected chi connectivity index (χ2v) is 9.12. The van der Waals surface area contributed by atoms with Gasteiger partial charge in [0.2, 0.25) is 21.8 Å². The molecule has 0 bridgehead atoms. The zero-order chi connectivity index (χ0) is 21.7. The van der Waals surface area contributed by atoms with Gasteiger partial charge in [0.1, 0.15) is 5.82 Å². The molecule has 1 fully saturated rings. The first-order chi connectivity index (χ1) is 14.3. The lowest BCUT2D eigenvalue weighted by Crippen LogP contribution is -2.27. The number of nitrogens with zero attached hydrogens (tertiary/aromatic N) is 1. The summed E-state index contributed by atoms with van der Waals surface area (Å²) in [6.07, 6.45) is 2.23. The Balaban J connectivity index is 1.58. The fourth-order valence-corrected chi connectivity index (χ4v) is 4.80. The molecule has 3 rings (SSSR count). The summed E-state index contributed by atoms with van der Waals surface area (Å²) in [6, 6.07) is 10.4. The van der Waals surface area contributed by atoms with Crippen LogP contribution in [0.4, 0.5) is 15.8 Å². The molecular formula is C21H24FN3O4S. The van der Waals surface area contributed by atoms with Gasteiger partial charge in [0, 0.05) is 32.1 Å². The molecule has 0 atom stereocenters. The number of hydrogen-bond donors (Lipinski definition) is 2. The molecule has 0 spiro atoms. The summed E-state index contributed by atoms with van der Waals surface area (Å²) >= 11 is 0. The number of halogens is 1. The Hall–Kier alpha value is -2.78. The summed E-state index contributed by atoms with van der Waals surface area (Å²) in [4.78, 5) is 23.6. The number of rotatable bonds is 7. The van der Waals surface area contributed by atoms with Gasteiger partial charge in [-0.25, -0.2) is 12.8 Å². The van der Waals surface area contributed by atoms with E-state index in [1.54, 1.807) is 24.3 Å². The van der Waals surface area contributed by atoms with E-state index >= 15 is 0 Å². The Morgan fingerprint density at radius 1 is 1.03 bits per heavy atom. The number of hydrogen-bond acceptors (Lipinski definition) is 4. The first-order valence-electron chi connectivity index (χ1n) is 9.72.